The Morgan fingerprint density at radius 1 is 1.22 bits per heavy atom. The number of hydrogen-bond acceptors (Lipinski definition) is 4. The normalized spacial score (nSPS) is 15.0. The van der Waals surface area contributed by atoms with Crippen molar-refractivity contribution in [2.45, 2.75) is 44.8 Å². The van der Waals surface area contributed by atoms with Crippen LogP contribution >= 0.6 is 0 Å². The maximum atomic E-state index is 11.7. The fourth-order valence-electron chi connectivity index (χ4n) is 3.34. The van der Waals surface area contributed by atoms with Crippen LogP contribution < -0.4 is 4.74 Å². The van der Waals surface area contributed by atoms with Crippen LogP contribution in [0.1, 0.15) is 48.3 Å². The highest BCUT2D eigenvalue weighted by Crippen LogP contribution is 2.40. The summed E-state index contributed by atoms with van der Waals surface area (Å²) < 4.78 is 7.85. The van der Waals surface area contributed by atoms with Gasteiger partial charge in [0.15, 0.2) is 5.78 Å². The Kier molecular flexibility index (Phi) is 4.94. The predicted octanol–water partition coefficient (Wildman–Crippen LogP) is 3.95. The van der Waals surface area contributed by atoms with E-state index in [0.29, 0.717) is 30.2 Å². The smallest absolute Gasteiger partial charge is 0.162 e. The number of carbonyl (C=O) groups excluding carboxylic acids is 1. The molecule has 1 heterocycles. The molecule has 3 aromatic rings. The summed E-state index contributed by atoms with van der Waals surface area (Å²) in [7, 11) is 0. The summed E-state index contributed by atoms with van der Waals surface area (Å²) in [5.74, 6) is 2.34. The lowest BCUT2D eigenvalue weighted by Crippen LogP contribution is -2.24. The first-order valence-corrected chi connectivity index (χ1v) is 9.55. The van der Waals surface area contributed by atoms with Crippen LogP contribution in [0.15, 0.2) is 48.5 Å². The van der Waals surface area contributed by atoms with E-state index in [2.05, 4.69) is 4.57 Å². The van der Waals surface area contributed by atoms with Crippen molar-refractivity contribution in [3.8, 4) is 5.75 Å². The van der Waals surface area contributed by atoms with E-state index in [4.69, 9.17) is 9.72 Å². The number of ether oxygens (including phenoxy) is 1. The van der Waals surface area contributed by atoms with Gasteiger partial charge in [0.05, 0.1) is 17.6 Å². The van der Waals surface area contributed by atoms with E-state index in [-0.39, 0.29) is 12.4 Å². The van der Waals surface area contributed by atoms with Gasteiger partial charge in [0.25, 0.3) is 0 Å². The molecular weight excluding hydrogens is 340 g/mol. The maximum absolute atomic E-state index is 11.7. The molecule has 27 heavy (non-hydrogen) atoms. The number of Topliss-reactive ketones (excluding diaryl/α,β-unsaturated/α-hetero) is 1. The average Bonchev–Trinajstić information content (AvgIpc) is 3.49. The van der Waals surface area contributed by atoms with Gasteiger partial charge < -0.3 is 14.4 Å². The van der Waals surface area contributed by atoms with E-state index in [1.807, 2.05) is 31.2 Å². The SMILES string of the molecule is CCC(=O)c1ccc(OCC(O)Cn2c(C3CC3)nc3ccccc32)cc1. The molecule has 1 fully saturated rings. The summed E-state index contributed by atoms with van der Waals surface area (Å²) in [4.78, 5) is 16.4. The van der Waals surface area contributed by atoms with Crippen molar-refractivity contribution in [2.24, 2.45) is 0 Å². The molecule has 0 radical (unpaired) electrons. The Hall–Kier alpha value is -2.66. The van der Waals surface area contributed by atoms with Crippen LogP contribution in [0.2, 0.25) is 0 Å². The number of carbonyl (C=O) groups is 1. The molecule has 1 atom stereocenters. The monoisotopic (exact) mass is 364 g/mol. The number of rotatable bonds is 8. The number of hydrogen-bond donors (Lipinski definition) is 1. The zero-order chi connectivity index (χ0) is 18.8. The van der Waals surface area contributed by atoms with Crippen molar-refractivity contribution < 1.29 is 14.6 Å². The van der Waals surface area contributed by atoms with Gasteiger partial charge in [-0.2, -0.15) is 0 Å². The third-order valence-corrected chi connectivity index (χ3v) is 4.96. The minimum atomic E-state index is -0.642. The third kappa shape index (κ3) is 3.88. The summed E-state index contributed by atoms with van der Waals surface area (Å²) in [6.07, 6.45) is 2.18. The number of benzene rings is 2. The number of aromatic nitrogens is 2. The second kappa shape index (κ2) is 7.53. The Balaban J connectivity index is 1.42. The van der Waals surface area contributed by atoms with E-state index in [0.717, 1.165) is 16.9 Å². The van der Waals surface area contributed by atoms with Gasteiger partial charge in [-0.15, -0.1) is 0 Å². The van der Waals surface area contributed by atoms with Crippen molar-refractivity contribution in [3.05, 3.63) is 59.9 Å². The molecule has 1 aliphatic carbocycles. The molecule has 0 bridgehead atoms. The van der Waals surface area contributed by atoms with E-state index in [1.54, 1.807) is 24.3 Å². The van der Waals surface area contributed by atoms with Crippen molar-refractivity contribution in [3.63, 3.8) is 0 Å². The molecule has 0 saturated heterocycles. The summed E-state index contributed by atoms with van der Waals surface area (Å²) in [5.41, 5.74) is 2.72. The van der Waals surface area contributed by atoms with Crippen molar-refractivity contribution in [2.75, 3.05) is 6.61 Å². The topological polar surface area (TPSA) is 64.3 Å². The molecule has 1 aromatic heterocycles. The van der Waals surface area contributed by atoms with Gasteiger partial charge in [-0.05, 0) is 49.2 Å². The van der Waals surface area contributed by atoms with Crippen LogP contribution in [-0.2, 0) is 6.54 Å². The van der Waals surface area contributed by atoms with Crippen LogP contribution in [0.5, 0.6) is 5.75 Å². The Labute approximate surface area is 158 Å². The van der Waals surface area contributed by atoms with Crippen molar-refractivity contribution in [1.29, 1.82) is 0 Å². The first-order valence-electron chi connectivity index (χ1n) is 9.55. The highest BCUT2D eigenvalue weighted by molar-refractivity contribution is 5.95. The second-order valence-electron chi connectivity index (χ2n) is 7.11. The molecule has 5 nitrogen and oxygen atoms in total. The highest BCUT2D eigenvalue weighted by Gasteiger charge is 2.30. The molecule has 2 aromatic carbocycles. The molecule has 1 saturated carbocycles. The molecule has 5 heteroatoms. The average molecular weight is 364 g/mol. The van der Waals surface area contributed by atoms with Crippen LogP contribution in [0.3, 0.4) is 0 Å². The standard InChI is InChI=1S/C22H24N2O3/c1-2-21(26)15-9-11-18(12-10-15)27-14-17(25)13-24-20-6-4-3-5-19(20)23-22(24)16-7-8-16/h3-6,9-12,16-17,25H,2,7-8,13-14H2,1H3. The van der Waals surface area contributed by atoms with Crippen LogP contribution in [0.25, 0.3) is 11.0 Å². The molecule has 0 aliphatic heterocycles. The minimum Gasteiger partial charge on any atom is -0.491 e. The zero-order valence-corrected chi connectivity index (χ0v) is 15.5. The third-order valence-electron chi connectivity index (χ3n) is 4.96. The van der Waals surface area contributed by atoms with Gasteiger partial charge in [0.2, 0.25) is 0 Å². The number of aliphatic hydroxyl groups is 1. The summed E-state index contributed by atoms with van der Waals surface area (Å²) in [6, 6.07) is 15.1. The number of ketones is 1. The zero-order valence-electron chi connectivity index (χ0n) is 15.5. The van der Waals surface area contributed by atoms with Gasteiger partial charge in [-0.25, -0.2) is 4.98 Å². The fraction of sp³-hybridized carbons (Fsp3) is 0.364. The molecule has 1 aliphatic rings. The van der Waals surface area contributed by atoms with Gasteiger partial charge >= 0.3 is 0 Å². The van der Waals surface area contributed by atoms with Crippen molar-refractivity contribution >= 4 is 16.8 Å². The van der Waals surface area contributed by atoms with Gasteiger partial charge in [0.1, 0.15) is 24.3 Å². The van der Waals surface area contributed by atoms with E-state index < -0.39 is 6.10 Å². The quantitative estimate of drug-likeness (QED) is 0.615. The van der Waals surface area contributed by atoms with Crippen LogP contribution in [-0.4, -0.2) is 33.2 Å². The largest absolute Gasteiger partial charge is 0.491 e. The first kappa shape index (κ1) is 17.7. The summed E-state index contributed by atoms with van der Waals surface area (Å²) in [5, 5.41) is 10.5. The molecule has 1 unspecified atom stereocenters. The first-order chi connectivity index (χ1) is 13.2. The van der Waals surface area contributed by atoms with Gasteiger partial charge in [-0.3, -0.25) is 4.79 Å². The molecule has 0 spiro atoms. The fourth-order valence-corrected chi connectivity index (χ4v) is 3.34. The van der Waals surface area contributed by atoms with Crippen LogP contribution in [0, 0.1) is 0 Å². The lowest BCUT2D eigenvalue weighted by molar-refractivity contribution is 0.0925. The predicted molar refractivity (Wildman–Crippen MR) is 104 cm³/mol. The molecule has 140 valence electrons. The summed E-state index contributed by atoms with van der Waals surface area (Å²) >= 11 is 0. The lowest BCUT2D eigenvalue weighted by atomic mass is 10.1. The maximum Gasteiger partial charge on any atom is 0.162 e. The summed E-state index contributed by atoms with van der Waals surface area (Å²) in [6.45, 7) is 2.50. The van der Waals surface area contributed by atoms with Gasteiger partial charge in [0, 0.05) is 17.9 Å². The number of imidazole rings is 1. The number of para-hydroxylation sites is 2. The molecule has 0 amide bonds. The minimum absolute atomic E-state index is 0.112. The van der Waals surface area contributed by atoms with Crippen LogP contribution in [0.4, 0.5) is 0 Å². The van der Waals surface area contributed by atoms with E-state index in [1.165, 1.54) is 12.8 Å². The number of fused-ring (bicyclic) bond motifs is 1. The molecule has 1 N–H and O–H groups in total. The molecular formula is C22H24N2O3. The second-order valence-corrected chi connectivity index (χ2v) is 7.11. The van der Waals surface area contributed by atoms with E-state index in [9.17, 15) is 9.90 Å². The van der Waals surface area contributed by atoms with Crippen molar-refractivity contribution in [1.82, 2.24) is 9.55 Å². The lowest BCUT2D eigenvalue weighted by Gasteiger charge is -2.16. The highest BCUT2D eigenvalue weighted by atomic mass is 16.5. The molecule has 4 rings (SSSR count). The Bertz CT molecular complexity index is 942. The number of nitrogens with zero attached hydrogens (tertiary/aromatic N) is 2. The van der Waals surface area contributed by atoms with E-state index >= 15 is 0 Å². The van der Waals surface area contributed by atoms with Gasteiger partial charge in [-0.1, -0.05) is 19.1 Å². The Morgan fingerprint density at radius 2 is 1.96 bits per heavy atom. The Morgan fingerprint density at radius 3 is 2.67 bits per heavy atom. The number of aliphatic hydroxyl groups excluding tert-OH is 1.